The molecule has 4 saturated heterocycles. The molecule has 2 aromatic carbocycles. The lowest BCUT2D eigenvalue weighted by Gasteiger charge is -2.51. The summed E-state index contributed by atoms with van der Waals surface area (Å²) in [5, 5.41) is 42.0. The number of nitro groups is 1. The molecule has 0 radical (unpaired) electrons. The molecule has 14 atom stereocenters. The maximum absolute atomic E-state index is 16.5. The molecule has 113 heavy (non-hydrogen) atoms. The van der Waals surface area contributed by atoms with Gasteiger partial charge in [-0.15, -0.1) is 0 Å². The molecule has 7 heterocycles. The van der Waals surface area contributed by atoms with Gasteiger partial charge in [0.2, 0.25) is 17.7 Å². The van der Waals surface area contributed by atoms with Crippen LogP contribution >= 0.6 is 7.75 Å². The molecule has 4 fully saturated rings. The molecule has 0 bridgehead atoms. The van der Waals surface area contributed by atoms with E-state index in [1.54, 1.807) is 44.2 Å². The van der Waals surface area contributed by atoms with Crippen molar-refractivity contribution < 1.29 is 126 Å². The zero-order chi connectivity index (χ0) is 85.4. The van der Waals surface area contributed by atoms with E-state index in [2.05, 4.69) is 60.5 Å². The fraction of sp³-hybridized carbons (Fsp3) is 0.667. The van der Waals surface area contributed by atoms with E-state index in [0.29, 0.717) is 0 Å². The van der Waals surface area contributed by atoms with Crippen molar-refractivity contribution >= 4 is 88.7 Å². The standard InChI is InChI=1S/C23H42FNO7Si2.C23H40FNO6Si2.C18H21N2O7P.C11H14FNO5/c1-14(2)33(29,15(3)4)32-34(16(5)6,17(7)8)31-21-19(13-26)30-22(23(21,9)24)25-11-10-18(27)12-20(25)28;1-14(2)32(15(3)4)28-13-19-21(30-33(31-32,16(5)6)17(7)8)23(9,24)22(29-19)25-11-10-18(26)12-20(25)27;1-13(2)25-18(21)14(3)19-28(24,26-16-7-5-4-6-8-16)27-17-11-9-15(10-12-17)20(22)23;1-11(12)9(17)7(5-14)18-10(11)13-3-2-6(15)4-8(13)16/h10-11,14-17,19,21-22,26,29H,12-13H2,1-9H3;10-11,14-17,19,21-22H,12-13H2,1-9H3;4-14H,1-3H3,(H,19,24);2-3,7,9-10,14,17H,4-5H2,1H3/t19-,21-,22-,23-;19?,21?,22-,23-;14-,28?;7-,9-,10-,11-/m1101/s1. The number of aliphatic hydroxyl groups excluding tert-OH is 3. The Balaban J connectivity index is 0.000000240. The summed E-state index contributed by atoms with van der Waals surface area (Å²) in [6, 6.07) is 12.3. The fourth-order valence-corrected chi connectivity index (χ4v) is 37.3. The van der Waals surface area contributed by atoms with Crippen molar-refractivity contribution in [1.82, 2.24) is 19.8 Å². The van der Waals surface area contributed by atoms with E-state index in [4.69, 9.17) is 54.6 Å². The summed E-state index contributed by atoms with van der Waals surface area (Å²) < 4.78 is 128. The van der Waals surface area contributed by atoms with Gasteiger partial charge in [0.25, 0.3) is 5.69 Å². The number of rotatable bonds is 26. The Hall–Kier alpha value is -6.08. The van der Waals surface area contributed by atoms with E-state index >= 15 is 8.78 Å². The van der Waals surface area contributed by atoms with Crippen LogP contribution in [0.1, 0.15) is 172 Å². The summed E-state index contributed by atoms with van der Waals surface area (Å²) in [6.45, 7) is 40.0. The zero-order valence-electron chi connectivity index (χ0n) is 68.6. The largest absolute Gasteiger partial charge is 0.513 e. The molecule has 30 nitrogen and oxygen atoms in total. The predicted molar refractivity (Wildman–Crippen MR) is 418 cm³/mol. The van der Waals surface area contributed by atoms with Crippen LogP contribution < -0.4 is 14.1 Å². The summed E-state index contributed by atoms with van der Waals surface area (Å²) >= 11 is 0. The molecule has 0 spiro atoms. The highest BCUT2D eigenvalue weighted by atomic mass is 31.2. The van der Waals surface area contributed by atoms with Crippen molar-refractivity contribution in [2.45, 2.75) is 300 Å². The molecule has 7 aliphatic heterocycles. The molecule has 0 aliphatic carbocycles. The molecule has 7 aliphatic rings. The third kappa shape index (κ3) is 21.6. The van der Waals surface area contributed by atoms with Gasteiger partial charge in [-0.3, -0.25) is 58.4 Å². The van der Waals surface area contributed by atoms with Crippen LogP contribution in [0.15, 0.2) is 91.4 Å². The van der Waals surface area contributed by atoms with E-state index in [1.165, 1.54) is 74.5 Å². The monoisotopic (exact) mass is 1690 g/mol. The maximum atomic E-state index is 16.5. The third-order valence-electron chi connectivity index (χ3n) is 20.8. The predicted octanol–water partition coefficient (Wildman–Crippen LogP) is 11.6. The van der Waals surface area contributed by atoms with E-state index < -0.39 is 162 Å². The van der Waals surface area contributed by atoms with Gasteiger partial charge in [-0.1, -0.05) is 129 Å². The first-order valence-corrected chi connectivity index (χ1v) is 47.6. The number of hydrogen-bond donors (Lipinski definition) is 5. The number of hydrogen-bond acceptors (Lipinski definition) is 25. The van der Waals surface area contributed by atoms with Crippen LogP contribution in [0.4, 0.5) is 18.9 Å². The van der Waals surface area contributed by atoms with Gasteiger partial charge in [-0.25, -0.2) is 17.7 Å². The molecule has 3 amide bonds. The van der Waals surface area contributed by atoms with Crippen molar-refractivity contribution in [2.75, 3.05) is 19.8 Å². The minimum Gasteiger partial charge on any atom is -0.462 e. The lowest BCUT2D eigenvalue weighted by Crippen LogP contribution is -2.66. The highest BCUT2D eigenvalue weighted by Gasteiger charge is 2.68. The van der Waals surface area contributed by atoms with Crippen LogP contribution in [0.5, 0.6) is 11.5 Å². The van der Waals surface area contributed by atoms with Gasteiger partial charge in [-0.2, -0.15) is 5.09 Å². The first-order valence-electron chi connectivity index (χ1n) is 38.2. The number of esters is 1. The number of nitrogens with one attached hydrogen (secondary N) is 1. The number of nitro benzene ring substituents is 1. The van der Waals surface area contributed by atoms with Crippen molar-refractivity contribution in [3.63, 3.8) is 0 Å². The Labute approximate surface area is 664 Å². The Morgan fingerprint density at radius 2 is 1.04 bits per heavy atom. The number of non-ortho nitro benzene ring substituents is 1. The number of fused-ring (bicyclic) bond motifs is 1. The summed E-state index contributed by atoms with van der Waals surface area (Å²) in [5.74, 6) is -2.98. The van der Waals surface area contributed by atoms with Crippen LogP contribution in [0.2, 0.25) is 44.3 Å². The van der Waals surface area contributed by atoms with Gasteiger partial charge in [0.05, 0.1) is 50.1 Å². The number of allylic oxidation sites excluding steroid dienone is 3. The third-order valence-corrected chi connectivity index (χ3v) is 42.4. The van der Waals surface area contributed by atoms with Crippen LogP contribution in [0.3, 0.4) is 0 Å². The summed E-state index contributed by atoms with van der Waals surface area (Å²) in [6.07, 6.45) is -4.52. The summed E-state index contributed by atoms with van der Waals surface area (Å²) in [7, 11) is -16.5. The highest BCUT2D eigenvalue weighted by molar-refractivity contribution is 7.52. The maximum Gasteiger partial charge on any atom is 0.513 e. The molecule has 0 aromatic heterocycles. The van der Waals surface area contributed by atoms with Gasteiger partial charge in [-0.05, 0) is 128 Å². The lowest BCUT2D eigenvalue weighted by atomic mass is 9.97. The molecule has 0 saturated carbocycles. The van der Waals surface area contributed by atoms with Gasteiger partial charge < -0.3 is 69.6 Å². The molecule has 2 aromatic rings. The Morgan fingerprint density at radius 3 is 1.42 bits per heavy atom. The van der Waals surface area contributed by atoms with Crippen molar-refractivity contribution in [2.24, 2.45) is 0 Å². The van der Waals surface area contributed by atoms with Crippen molar-refractivity contribution in [3.05, 3.63) is 102 Å². The van der Waals surface area contributed by atoms with Crippen LogP contribution in [0.25, 0.3) is 0 Å². The lowest BCUT2D eigenvalue weighted by molar-refractivity contribution is -0.384. The number of aliphatic hydroxyl groups is 3. The Bertz CT molecular complexity index is 3770. The molecule has 5 N–H and O–H groups in total. The van der Waals surface area contributed by atoms with E-state index in [0.717, 1.165) is 29.0 Å². The molecular formula is C75H117F3N5O25PSi4. The van der Waals surface area contributed by atoms with E-state index in [-0.39, 0.29) is 111 Å². The summed E-state index contributed by atoms with van der Waals surface area (Å²) in [5.41, 5.74) is -6.70. The summed E-state index contributed by atoms with van der Waals surface area (Å²) in [4.78, 5) is 108. The number of ether oxygens (including phenoxy) is 4. The first-order chi connectivity index (χ1) is 52.3. The van der Waals surface area contributed by atoms with Gasteiger partial charge in [0.1, 0.15) is 54.2 Å². The molecule has 3 unspecified atom stereocenters. The van der Waals surface area contributed by atoms with E-state index in [9.17, 15) is 67.6 Å². The van der Waals surface area contributed by atoms with Crippen molar-refractivity contribution in [1.29, 1.82) is 0 Å². The van der Waals surface area contributed by atoms with E-state index in [1.807, 2.05) is 55.4 Å². The van der Waals surface area contributed by atoms with Gasteiger partial charge in [0.15, 0.2) is 53.0 Å². The number of alkyl halides is 3. The zero-order valence-corrected chi connectivity index (χ0v) is 73.5. The fourth-order valence-electron chi connectivity index (χ4n) is 14.5. The molecule has 38 heteroatoms. The number of amides is 3. The SMILES string of the molecule is CC(C)OC(=O)[C@H](C)NP(=O)(Oc1ccccc1)Oc1ccc([N+](=O)[O-])cc1.CC(C)[Si](O)(O[Si](O[C@@H]1[C@@H](CO)O[C@@H](N2C=CC(=O)CC2=O)[C@]1(C)F)(C(C)C)C(C)C)C(C)C.CC(C)[Si]1(C(C)C)OCC2O[C@@H](N3C=CC(=O)CC3=O)[C@](C)(F)C2O[Si](C(C)C)(C(C)C)O1.C[C@@]1(F)[C@H](O)[C@@H](CO)O[C@H]1N1C=CC(=O)CC1=O. The average Bonchev–Trinajstić information content (AvgIpc) is 1.66. The number of halogens is 3. The van der Waals surface area contributed by atoms with Crippen molar-refractivity contribution in [3.8, 4) is 11.5 Å². The number of carbonyl (C=O) groups excluding carboxylic acids is 7. The topological polar surface area (TPSA) is 384 Å². The number of nitrogens with zero attached hydrogens (tertiary/aromatic N) is 4. The second kappa shape index (κ2) is 38.5. The normalized spacial score (nSPS) is 28.7. The van der Waals surface area contributed by atoms with Crippen LogP contribution in [0, 0.1) is 10.1 Å². The number of ketones is 3. The molecule has 634 valence electrons. The number of para-hydroxylation sites is 1. The number of carbonyl (C=O) groups is 7. The number of benzene rings is 2. The smallest absolute Gasteiger partial charge is 0.462 e. The van der Waals surface area contributed by atoms with Gasteiger partial charge in [0, 0.05) is 30.7 Å². The molecular weight excluding hydrogens is 1570 g/mol. The Kier molecular flexibility index (Phi) is 32.7. The van der Waals surface area contributed by atoms with Crippen LogP contribution in [-0.4, -0.2) is 219 Å². The van der Waals surface area contributed by atoms with Gasteiger partial charge >= 0.3 is 48.0 Å². The second-order valence-corrected chi connectivity index (χ2v) is 51.5. The first kappa shape index (κ1) is 95.8. The quantitative estimate of drug-likeness (QED) is 0.0146. The molecule has 9 rings (SSSR count). The highest BCUT2D eigenvalue weighted by Crippen LogP contribution is 2.53. The minimum atomic E-state index is -4.08. The Morgan fingerprint density at radius 1 is 0.619 bits per heavy atom. The second-order valence-electron chi connectivity index (χ2n) is 32.5. The van der Waals surface area contributed by atoms with Crippen LogP contribution in [-0.2, 0) is 78.6 Å². The average molecular weight is 1690 g/mol. The minimum absolute atomic E-state index is 0.0493.